The summed E-state index contributed by atoms with van der Waals surface area (Å²) in [6.07, 6.45) is 0.836. The topological polar surface area (TPSA) is 47.9 Å². The van der Waals surface area contributed by atoms with Crippen LogP contribution in [0.1, 0.15) is 20.3 Å². The highest BCUT2D eigenvalue weighted by Crippen LogP contribution is 2.10. The Kier molecular flexibility index (Phi) is 5.57. The number of hydrogen-bond donors (Lipinski definition) is 0. The minimum Gasteiger partial charge on any atom is -0.515 e. The summed E-state index contributed by atoms with van der Waals surface area (Å²) in [6.45, 7) is 9.82. The van der Waals surface area contributed by atoms with Crippen LogP contribution in [-0.4, -0.2) is 27.1 Å². The van der Waals surface area contributed by atoms with E-state index in [4.69, 9.17) is 4.43 Å². The molecule has 0 aromatic carbocycles. The molecule has 0 amide bonds. The van der Waals surface area contributed by atoms with Crippen molar-refractivity contribution in [3.63, 3.8) is 0 Å². The van der Waals surface area contributed by atoms with E-state index in [1.165, 1.54) is 7.11 Å². The van der Waals surface area contributed by atoms with Gasteiger partial charge in [0.2, 0.25) is 8.32 Å². The second-order valence-electron chi connectivity index (χ2n) is 4.47. The number of oxime groups is 1. The molecule has 1 unspecified atom stereocenters. The highest BCUT2D eigenvalue weighted by atomic mass is 28.4. The minimum absolute atomic E-state index is 0.0637. The van der Waals surface area contributed by atoms with Crippen LogP contribution in [0, 0.1) is 5.92 Å². The highest BCUT2D eigenvalue weighted by Gasteiger charge is 2.26. The average Bonchev–Trinajstić information content (AvgIpc) is 2.10. The zero-order valence-corrected chi connectivity index (χ0v) is 11.5. The third kappa shape index (κ3) is 5.56. The molecule has 4 nitrogen and oxygen atoms in total. The van der Waals surface area contributed by atoms with Crippen LogP contribution in [0.4, 0.5) is 0 Å². The van der Waals surface area contributed by atoms with Gasteiger partial charge in [0.05, 0.1) is 0 Å². The Labute approximate surface area is 92.8 Å². The summed E-state index contributed by atoms with van der Waals surface area (Å²) in [6, 6.07) is 0. The summed E-state index contributed by atoms with van der Waals surface area (Å²) in [5.74, 6) is -0.279. The second-order valence-corrected chi connectivity index (χ2v) is 8.90. The summed E-state index contributed by atoms with van der Waals surface area (Å²) >= 11 is 0. The van der Waals surface area contributed by atoms with Gasteiger partial charge in [-0.05, 0) is 26.1 Å². The number of carbonyl (C=O) groups is 1. The monoisotopic (exact) mass is 231 g/mol. The highest BCUT2D eigenvalue weighted by molar-refractivity contribution is 6.72. The van der Waals surface area contributed by atoms with Crippen molar-refractivity contribution in [2.75, 3.05) is 7.11 Å². The Morgan fingerprint density at radius 2 is 1.93 bits per heavy atom. The van der Waals surface area contributed by atoms with Gasteiger partial charge in [-0.15, -0.1) is 0 Å². The zero-order valence-electron chi connectivity index (χ0n) is 10.5. The molecular formula is C10H21NO3Si. The summed E-state index contributed by atoms with van der Waals surface area (Å²) in [4.78, 5) is 16.4. The summed E-state index contributed by atoms with van der Waals surface area (Å²) in [5.41, 5.74) is 0.377. The van der Waals surface area contributed by atoms with Crippen molar-refractivity contribution in [1.82, 2.24) is 0 Å². The summed E-state index contributed by atoms with van der Waals surface area (Å²) in [7, 11) is -0.422. The maximum Gasteiger partial charge on any atom is 0.343 e. The van der Waals surface area contributed by atoms with Crippen molar-refractivity contribution in [1.29, 1.82) is 0 Å². The van der Waals surface area contributed by atoms with Crippen LogP contribution in [0.2, 0.25) is 19.6 Å². The van der Waals surface area contributed by atoms with Crippen LogP contribution >= 0.6 is 0 Å². The molecule has 0 aliphatic heterocycles. The molecule has 0 spiro atoms. The molecule has 0 aromatic rings. The van der Waals surface area contributed by atoms with Crippen molar-refractivity contribution in [3.8, 4) is 0 Å². The predicted octanol–water partition coefficient (Wildman–Crippen LogP) is 2.41. The normalized spacial score (nSPS) is 14.7. The zero-order chi connectivity index (χ0) is 12.1. The molecule has 0 fully saturated rings. The van der Waals surface area contributed by atoms with Crippen LogP contribution in [0.3, 0.4) is 0 Å². The average molecular weight is 231 g/mol. The Balaban J connectivity index is 4.66. The van der Waals surface area contributed by atoms with Crippen LogP contribution in [0.5, 0.6) is 0 Å². The van der Waals surface area contributed by atoms with Crippen LogP contribution in [0.25, 0.3) is 0 Å². The standard InChI is InChI=1S/C10H21NO3Si/c1-7-8(2)9(11-13-3)10(12)14-15(4,5)6/h8H,7H2,1-6H3/b11-9+. The number of rotatable bonds is 5. The fourth-order valence-electron chi connectivity index (χ4n) is 0.950. The number of carbonyl (C=O) groups excluding carboxylic acids is 1. The van der Waals surface area contributed by atoms with Crippen molar-refractivity contribution < 1.29 is 14.1 Å². The van der Waals surface area contributed by atoms with Gasteiger partial charge >= 0.3 is 5.97 Å². The molecule has 15 heavy (non-hydrogen) atoms. The second kappa shape index (κ2) is 5.90. The molecular weight excluding hydrogens is 210 g/mol. The van der Waals surface area contributed by atoms with Gasteiger partial charge in [-0.1, -0.05) is 19.0 Å². The maximum absolute atomic E-state index is 11.8. The first-order valence-corrected chi connectivity index (χ1v) is 8.57. The molecule has 0 aliphatic rings. The van der Waals surface area contributed by atoms with Crippen molar-refractivity contribution in [2.24, 2.45) is 11.1 Å². The van der Waals surface area contributed by atoms with Gasteiger partial charge in [-0.25, -0.2) is 4.79 Å². The molecule has 88 valence electrons. The van der Waals surface area contributed by atoms with E-state index >= 15 is 0 Å². The van der Waals surface area contributed by atoms with E-state index in [2.05, 4.69) is 9.99 Å². The summed E-state index contributed by atoms with van der Waals surface area (Å²) < 4.78 is 5.36. The lowest BCUT2D eigenvalue weighted by Gasteiger charge is -2.19. The molecule has 5 heteroatoms. The fourth-order valence-corrected chi connectivity index (χ4v) is 1.61. The van der Waals surface area contributed by atoms with Crippen LogP contribution in [-0.2, 0) is 14.1 Å². The van der Waals surface area contributed by atoms with E-state index in [0.29, 0.717) is 5.71 Å². The molecule has 1 atom stereocenters. The quantitative estimate of drug-likeness (QED) is 0.415. The van der Waals surface area contributed by atoms with Gasteiger partial charge in [-0.2, -0.15) is 0 Å². The number of nitrogens with zero attached hydrogens (tertiary/aromatic N) is 1. The van der Waals surface area contributed by atoms with Crippen molar-refractivity contribution in [3.05, 3.63) is 0 Å². The van der Waals surface area contributed by atoms with Crippen LogP contribution < -0.4 is 0 Å². The lowest BCUT2D eigenvalue weighted by atomic mass is 10.0. The third-order valence-electron chi connectivity index (χ3n) is 1.88. The van der Waals surface area contributed by atoms with E-state index in [0.717, 1.165) is 6.42 Å². The Morgan fingerprint density at radius 3 is 2.27 bits per heavy atom. The molecule has 0 N–H and O–H groups in total. The predicted molar refractivity (Wildman–Crippen MR) is 63.3 cm³/mol. The van der Waals surface area contributed by atoms with E-state index in [9.17, 15) is 4.79 Å². The first-order chi connectivity index (χ1) is 6.81. The molecule has 0 saturated heterocycles. The molecule has 0 heterocycles. The van der Waals surface area contributed by atoms with Crippen molar-refractivity contribution in [2.45, 2.75) is 39.9 Å². The van der Waals surface area contributed by atoms with Gasteiger partial charge < -0.3 is 9.26 Å². The smallest absolute Gasteiger partial charge is 0.343 e. The first kappa shape index (κ1) is 14.2. The molecule has 0 aliphatic carbocycles. The fraction of sp³-hybridized carbons (Fsp3) is 0.800. The third-order valence-corrected chi connectivity index (χ3v) is 2.67. The van der Waals surface area contributed by atoms with Gasteiger partial charge in [0.1, 0.15) is 7.11 Å². The Hall–Kier alpha value is -0.843. The van der Waals surface area contributed by atoms with E-state index in [-0.39, 0.29) is 11.9 Å². The molecule has 0 bridgehead atoms. The van der Waals surface area contributed by atoms with E-state index in [1.54, 1.807) is 0 Å². The largest absolute Gasteiger partial charge is 0.515 e. The lowest BCUT2D eigenvalue weighted by molar-refractivity contribution is -0.128. The molecule has 0 radical (unpaired) electrons. The first-order valence-electron chi connectivity index (χ1n) is 5.16. The van der Waals surface area contributed by atoms with Gasteiger partial charge in [-0.3, -0.25) is 0 Å². The van der Waals surface area contributed by atoms with Crippen LogP contribution in [0.15, 0.2) is 5.16 Å². The Morgan fingerprint density at radius 1 is 1.40 bits per heavy atom. The minimum atomic E-state index is -1.86. The lowest BCUT2D eigenvalue weighted by Crippen LogP contribution is -2.35. The summed E-state index contributed by atoms with van der Waals surface area (Å²) in [5, 5.41) is 3.74. The van der Waals surface area contributed by atoms with E-state index < -0.39 is 8.32 Å². The number of hydrogen-bond acceptors (Lipinski definition) is 4. The van der Waals surface area contributed by atoms with Gasteiger partial charge in [0.25, 0.3) is 0 Å². The molecule has 0 saturated carbocycles. The van der Waals surface area contributed by atoms with Gasteiger partial charge in [0, 0.05) is 5.92 Å². The SMILES string of the molecule is CCC(C)/C(=N\OC)C(=O)O[Si](C)(C)C. The van der Waals surface area contributed by atoms with Crippen molar-refractivity contribution >= 4 is 20.0 Å². The van der Waals surface area contributed by atoms with Gasteiger partial charge in [0.15, 0.2) is 5.71 Å². The Bertz CT molecular complexity index is 246. The molecule has 0 aromatic heterocycles. The van der Waals surface area contributed by atoms with E-state index in [1.807, 2.05) is 33.5 Å². The maximum atomic E-state index is 11.8. The molecule has 0 rings (SSSR count).